The minimum Gasteiger partial charge on any atom is -0.366 e. The van der Waals surface area contributed by atoms with Crippen LogP contribution >= 0.6 is 11.6 Å². The lowest BCUT2D eigenvalue weighted by atomic mass is 10.2. The Morgan fingerprint density at radius 2 is 1.94 bits per heavy atom. The van der Waals surface area contributed by atoms with Crippen LogP contribution in [0.4, 0.5) is 0 Å². The van der Waals surface area contributed by atoms with E-state index in [2.05, 4.69) is 10.00 Å². The summed E-state index contributed by atoms with van der Waals surface area (Å²) >= 11 is 6.10. The molecule has 168 valence electrons. The van der Waals surface area contributed by atoms with Gasteiger partial charge in [0.05, 0.1) is 17.8 Å². The number of carbonyl (C=O) groups is 1. The summed E-state index contributed by atoms with van der Waals surface area (Å²) in [5, 5.41) is 4.36. The van der Waals surface area contributed by atoms with E-state index in [-0.39, 0.29) is 35.5 Å². The second kappa shape index (κ2) is 9.25. The average Bonchev–Trinajstić information content (AvgIpc) is 3.18. The maximum atomic E-state index is 13.0. The first kappa shape index (κ1) is 22.2. The number of rotatable bonds is 5. The van der Waals surface area contributed by atoms with Crippen LogP contribution in [-0.2, 0) is 33.1 Å². The minimum atomic E-state index is -3.80. The highest BCUT2D eigenvalue weighted by Gasteiger charge is 2.37. The zero-order valence-electron chi connectivity index (χ0n) is 17.4. The standard InChI is InChI=1S/C20H26ClN5O4S/c1-23-13-16(12-22-23)14-24-6-8-25(9-7-24)20(27)18-15-26(10-11-30-18)31(28,29)19-5-3-2-4-17(19)21/h2-5,12-13,18H,6-11,14-15H2,1H3. The quantitative estimate of drug-likeness (QED) is 0.646. The second-order valence-corrected chi connectivity index (χ2v) is 10.1. The van der Waals surface area contributed by atoms with Crippen LogP contribution in [0.1, 0.15) is 5.56 Å². The number of carbonyl (C=O) groups excluding carboxylic acids is 1. The molecule has 31 heavy (non-hydrogen) atoms. The van der Waals surface area contributed by atoms with Gasteiger partial charge in [-0.2, -0.15) is 9.40 Å². The molecule has 2 aromatic rings. The molecule has 0 N–H and O–H groups in total. The number of halogens is 1. The second-order valence-electron chi connectivity index (χ2n) is 7.78. The van der Waals surface area contributed by atoms with Crippen molar-refractivity contribution < 1.29 is 17.9 Å². The molecule has 9 nitrogen and oxygen atoms in total. The van der Waals surface area contributed by atoms with Gasteiger partial charge in [0.15, 0.2) is 0 Å². The molecule has 0 saturated carbocycles. The van der Waals surface area contributed by atoms with Crippen molar-refractivity contribution in [1.29, 1.82) is 0 Å². The zero-order chi connectivity index (χ0) is 22.0. The number of benzene rings is 1. The van der Waals surface area contributed by atoms with E-state index in [1.807, 2.05) is 19.4 Å². The van der Waals surface area contributed by atoms with Gasteiger partial charge in [0, 0.05) is 64.6 Å². The van der Waals surface area contributed by atoms with Gasteiger partial charge in [0.2, 0.25) is 10.0 Å². The predicted molar refractivity (Wildman–Crippen MR) is 115 cm³/mol. The van der Waals surface area contributed by atoms with Gasteiger partial charge in [0.1, 0.15) is 11.0 Å². The molecular formula is C20H26ClN5O4S. The number of piperazine rings is 1. The fraction of sp³-hybridized carbons (Fsp3) is 0.500. The third-order valence-electron chi connectivity index (χ3n) is 5.61. The van der Waals surface area contributed by atoms with Crippen molar-refractivity contribution in [2.24, 2.45) is 7.05 Å². The number of nitrogens with zero attached hydrogens (tertiary/aromatic N) is 5. The van der Waals surface area contributed by atoms with E-state index in [0.717, 1.165) is 25.2 Å². The number of aryl methyl sites for hydroxylation is 1. The first-order valence-electron chi connectivity index (χ1n) is 10.2. The van der Waals surface area contributed by atoms with E-state index in [9.17, 15) is 13.2 Å². The summed E-state index contributed by atoms with van der Waals surface area (Å²) in [5.74, 6) is -0.167. The van der Waals surface area contributed by atoms with Crippen LogP contribution in [0.15, 0.2) is 41.6 Å². The molecule has 2 fully saturated rings. The van der Waals surface area contributed by atoms with Crippen molar-refractivity contribution in [3.63, 3.8) is 0 Å². The Kier molecular flexibility index (Phi) is 6.63. The number of ether oxygens (including phenoxy) is 1. The third-order valence-corrected chi connectivity index (χ3v) is 7.97. The molecule has 3 heterocycles. The lowest BCUT2D eigenvalue weighted by molar-refractivity contribution is -0.149. The van der Waals surface area contributed by atoms with E-state index in [0.29, 0.717) is 13.1 Å². The lowest BCUT2D eigenvalue weighted by Crippen LogP contribution is -2.56. The first-order valence-corrected chi connectivity index (χ1v) is 12.0. The summed E-state index contributed by atoms with van der Waals surface area (Å²) in [5.41, 5.74) is 1.14. The van der Waals surface area contributed by atoms with Gasteiger partial charge in [-0.1, -0.05) is 23.7 Å². The highest BCUT2D eigenvalue weighted by atomic mass is 35.5. The fourth-order valence-electron chi connectivity index (χ4n) is 3.93. The van der Waals surface area contributed by atoms with E-state index in [1.54, 1.807) is 27.8 Å². The summed E-state index contributed by atoms with van der Waals surface area (Å²) in [6.07, 6.45) is 3.03. The minimum absolute atomic E-state index is 0.0116. The topological polar surface area (TPSA) is 88.0 Å². The molecule has 1 aromatic carbocycles. The molecule has 1 amide bonds. The highest BCUT2D eigenvalue weighted by molar-refractivity contribution is 7.89. The average molecular weight is 468 g/mol. The molecule has 2 aliphatic heterocycles. The van der Waals surface area contributed by atoms with Crippen molar-refractivity contribution in [3.8, 4) is 0 Å². The lowest BCUT2D eigenvalue weighted by Gasteiger charge is -2.38. The smallest absolute Gasteiger partial charge is 0.253 e. The van der Waals surface area contributed by atoms with E-state index in [1.165, 1.54) is 10.4 Å². The van der Waals surface area contributed by atoms with Crippen molar-refractivity contribution in [1.82, 2.24) is 23.9 Å². The number of sulfonamides is 1. The maximum absolute atomic E-state index is 13.0. The van der Waals surface area contributed by atoms with Gasteiger partial charge >= 0.3 is 0 Å². The molecule has 2 aliphatic rings. The number of morpholine rings is 1. The normalized spacial score (nSPS) is 21.4. The Hall–Kier alpha value is -1.98. The molecule has 1 unspecified atom stereocenters. The van der Waals surface area contributed by atoms with Gasteiger partial charge in [-0.05, 0) is 12.1 Å². The summed E-state index contributed by atoms with van der Waals surface area (Å²) in [7, 11) is -1.91. The highest BCUT2D eigenvalue weighted by Crippen LogP contribution is 2.26. The Labute approximate surface area is 187 Å². The molecule has 11 heteroatoms. The van der Waals surface area contributed by atoms with Crippen LogP contribution in [0.5, 0.6) is 0 Å². The van der Waals surface area contributed by atoms with Gasteiger partial charge in [-0.15, -0.1) is 0 Å². The molecule has 4 rings (SSSR count). The predicted octanol–water partition coefficient (Wildman–Crippen LogP) is 0.807. The monoisotopic (exact) mass is 467 g/mol. The van der Waals surface area contributed by atoms with E-state index >= 15 is 0 Å². The SMILES string of the molecule is Cn1cc(CN2CCN(C(=O)C3CN(S(=O)(=O)c4ccccc4Cl)CCO3)CC2)cn1. The number of amides is 1. The largest absolute Gasteiger partial charge is 0.366 e. The molecular weight excluding hydrogens is 442 g/mol. The maximum Gasteiger partial charge on any atom is 0.253 e. The van der Waals surface area contributed by atoms with Crippen LogP contribution in [0.3, 0.4) is 0 Å². The van der Waals surface area contributed by atoms with Gasteiger partial charge < -0.3 is 9.64 Å². The molecule has 0 aliphatic carbocycles. The summed E-state index contributed by atoms with van der Waals surface area (Å²) < 4.78 is 34.8. The van der Waals surface area contributed by atoms with Gasteiger partial charge in [0.25, 0.3) is 5.91 Å². The zero-order valence-corrected chi connectivity index (χ0v) is 18.9. The third kappa shape index (κ3) is 4.93. The molecule has 0 spiro atoms. The molecule has 1 atom stereocenters. The van der Waals surface area contributed by atoms with Crippen molar-refractivity contribution >= 4 is 27.5 Å². The number of aromatic nitrogens is 2. The van der Waals surface area contributed by atoms with Crippen LogP contribution in [0.25, 0.3) is 0 Å². The van der Waals surface area contributed by atoms with Crippen molar-refractivity contribution in [2.75, 3.05) is 45.9 Å². The summed E-state index contributed by atoms with van der Waals surface area (Å²) in [6, 6.07) is 6.34. The van der Waals surface area contributed by atoms with Crippen LogP contribution in [0.2, 0.25) is 5.02 Å². The van der Waals surface area contributed by atoms with Crippen molar-refractivity contribution in [3.05, 3.63) is 47.2 Å². The molecule has 0 bridgehead atoms. The van der Waals surface area contributed by atoms with Crippen LogP contribution in [0, 0.1) is 0 Å². The Balaban J connectivity index is 1.35. The Bertz CT molecular complexity index is 1040. The van der Waals surface area contributed by atoms with Gasteiger partial charge in [-0.25, -0.2) is 8.42 Å². The van der Waals surface area contributed by atoms with E-state index in [4.69, 9.17) is 16.3 Å². The first-order chi connectivity index (χ1) is 14.8. The van der Waals surface area contributed by atoms with E-state index < -0.39 is 16.1 Å². The number of hydrogen-bond donors (Lipinski definition) is 0. The van der Waals surface area contributed by atoms with Gasteiger partial charge in [-0.3, -0.25) is 14.4 Å². The summed E-state index contributed by atoms with van der Waals surface area (Å²) in [4.78, 5) is 17.1. The molecule has 2 saturated heterocycles. The van der Waals surface area contributed by atoms with Crippen LogP contribution in [-0.4, -0.2) is 90.2 Å². The Morgan fingerprint density at radius 1 is 1.19 bits per heavy atom. The fourth-order valence-corrected chi connectivity index (χ4v) is 5.85. The van der Waals surface area contributed by atoms with Crippen LogP contribution < -0.4 is 0 Å². The van der Waals surface area contributed by atoms with Crippen molar-refractivity contribution in [2.45, 2.75) is 17.5 Å². The summed E-state index contributed by atoms with van der Waals surface area (Å²) in [6.45, 7) is 3.79. The molecule has 1 aromatic heterocycles. The molecule has 0 radical (unpaired) electrons. The number of hydrogen-bond acceptors (Lipinski definition) is 6. The Morgan fingerprint density at radius 3 is 2.61 bits per heavy atom.